The summed E-state index contributed by atoms with van der Waals surface area (Å²) in [6.07, 6.45) is 0. The van der Waals surface area contributed by atoms with Crippen molar-refractivity contribution in [1.82, 2.24) is 10.6 Å². The van der Waals surface area contributed by atoms with Gasteiger partial charge in [-0.3, -0.25) is 4.79 Å². The topological polar surface area (TPSA) is 44.4 Å². The molecule has 0 saturated carbocycles. The lowest BCUT2D eigenvalue weighted by molar-refractivity contribution is -0.119. The number of benzene rings is 1. The average molecular weight is 284 g/mol. The van der Waals surface area contributed by atoms with Crippen LogP contribution in [0.15, 0.2) is 18.2 Å². The normalized spacial score (nSPS) is 10.3. The van der Waals surface area contributed by atoms with Gasteiger partial charge in [0.2, 0.25) is 5.91 Å². The Balaban J connectivity index is 2.85. The molecule has 1 aromatic rings. The summed E-state index contributed by atoms with van der Waals surface area (Å²) in [6.45, 7) is 6.51. The minimum Gasteiger partial charge on any atom is -0.365 e. The van der Waals surface area contributed by atoms with Crippen LogP contribution in [-0.2, 0) is 11.3 Å². The van der Waals surface area contributed by atoms with E-state index >= 15 is 0 Å². The molecule has 5 heteroatoms. The fourth-order valence-corrected chi connectivity index (χ4v) is 2.12. The van der Waals surface area contributed by atoms with E-state index in [1.54, 1.807) is 0 Å². The number of amides is 1. The van der Waals surface area contributed by atoms with Gasteiger partial charge >= 0.3 is 0 Å². The average Bonchev–Trinajstić information content (AvgIpc) is 2.37. The Bertz CT molecular complexity index is 423. The maximum Gasteiger partial charge on any atom is 0.239 e. The summed E-state index contributed by atoms with van der Waals surface area (Å²) in [6, 6.07) is 5.76. The van der Waals surface area contributed by atoms with E-state index in [1.807, 2.05) is 37.1 Å². The van der Waals surface area contributed by atoms with E-state index in [2.05, 4.69) is 17.6 Å². The number of nitrogens with zero attached hydrogens (tertiary/aromatic N) is 1. The largest absolute Gasteiger partial charge is 0.365 e. The number of anilines is 1. The number of likely N-dealkylation sites (N-methyl/N-ethyl adjacent to an activating group) is 2. The third-order valence-electron chi connectivity index (χ3n) is 2.81. The Hall–Kier alpha value is -1.26. The Morgan fingerprint density at radius 3 is 2.68 bits per heavy atom. The Morgan fingerprint density at radius 2 is 2.05 bits per heavy atom. The summed E-state index contributed by atoms with van der Waals surface area (Å²) in [5.74, 6) is 0.0133. The molecule has 0 aromatic heterocycles. The first-order valence-corrected chi connectivity index (χ1v) is 6.93. The van der Waals surface area contributed by atoms with Crippen molar-refractivity contribution in [1.29, 1.82) is 0 Å². The van der Waals surface area contributed by atoms with Gasteiger partial charge in [0.1, 0.15) is 0 Å². The molecule has 0 heterocycles. The van der Waals surface area contributed by atoms with Crippen LogP contribution in [0.5, 0.6) is 0 Å². The van der Waals surface area contributed by atoms with Crippen molar-refractivity contribution < 1.29 is 4.79 Å². The fraction of sp³-hybridized carbons (Fsp3) is 0.500. The molecule has 1 aromatic carbocycles. The lowest BCUT2D eigenvalue weighted by Crippen LogP contribution is -2.35. The number of halogens is 1. The van der Waals surface area contributed by atoms with Crippen molar-refractivity contribution >= 4 is 23.2 Å². The van der Waals surface area contributed by atoms with Gasteiger partial charge in [-0.2, -0.15) is 0 Å². The third-order valence-corrected chi connectivity index (χ3v) is 3.17. The van der Waals surface area contributed by atoms with Crippen molar-refractivity contribution in [3.8, 4) is 0 Å². The van der Waals surface area contributed by atoms with E-state index in [9.17, 15) is 4.79 Å². The Labute approximate surface area is 120 Å². The molecular weight excluding hydrogens is 262 g/mol. The second kappa shape index (κ2) is 8.02. The van der Waals surface area contributed by atoms with E-state index in [4.69, 9.17) is 11.6 Å². The molecule has 0 bridgehead atoms. The number of rotatable bonds is 7. The van der Waals surface area contributed by atoms with Gasteiger partial charge in [0.05, 0.1) is 6.54 Å². The minimum absolute atomic E-state index is 0.0133. The highest BCUT2D eigenvalue weighted by Crippen LogP contribution is 2.26. The van der Waals surface area contributed by atoms with Gasteiger partial charge in [-0.1, -0.05) is 24.6 Å². The molecule has 19 heavy (non-hydrogen) atoms. The molecule has 1 amide bonds. The predicted molar refractivity (Wildman–Crippen MR) is 80.8 cm³/mol. The van der Waals surface area contributed by atoms with Crippen LogP contribution < -0.4 is 15.5 Å². The Kier molecular flexibility index (Phi) is 6.67. The Morgan fingerprint density at radius 1 is 1.32 bits per heavy atom. The molecule has 4 nitrogen and oxygen atoms in total. The van der Waals surface area contributed by atoms with E-state index in [0.717, 1.165) is 22.8 Å². The van der Waals surface area contributed by atoms with Crippen LogP contribution in [-0.4, -0.2) is 32.6 Å². The third kappa shape index (κ3) is 4.73. The molecule has 0 aliphatic rings. The second-order valence-electron chi connectivity index (χ2n) is 4.33. The number of hydrogen-bond acceptors (Lipinski definition) is 3. The standard InChI is InChI=1S/C14H22ClN3O/c1-4-16-9-11-12(15)7-6-8-13(11)18(3)10-14(19)17-5-2/h6-8,16H,4-5,9-10H2,1-3H3,(H,17,19). The van der Waals surface area contributed by atoms with Crippen molar-refractivity contribution in [2.45, 2.75) is 20.4 Å². The quantitative estimate of drug-likeness (QED) is 0.805. The first kappa shape index (κ1) is 15.8. The zero-order valence-electron chi connectivity index (χ0n) is 11.8. The molecule has 0 radical (unpaired) electrons. The molecule has 0 aliphatic heterocycles. The molecule has 0 atom stereocenters. The van der Waals surface area contributed by atoms with Crippen molar-refractivity contribution in [2.75, 3.05) is 31.6 Å². The maximum absolute atomic E-state index is 11.6. The van der Waals surface area contributed by atoms with Crippen molar-refractivity contribution in [3.05, 3.63) is 28.8 Å². The first-order chi connectivity index (χ1) is 9.10. The van der Waals surface area contributed by atoms with Gasteiger partial charge in [0.25, 0.3) is 0 Å². The first-order valence-electron chi connectivity index (χ1n) is 6.56. The number of carbonyl (C=O) groups is 1. The summed E-state index contributed by atoms with van der Waals surface area (Å²) in [5, 5.41) is 6.79. The van der Waals surface area contributed by atoms with Gasteiger partial charge < -0.3 is 15.5 Å². The monoisotopic (exact) mass is 283 g/mol. The molecule has 106 valence electrons. The molecule has 0 spiro atoms. The lowest BCUT2D eigenvalue weighted by atomic mass is 10.1. The minimum atomic E-state index is 0.0133. The summed E-state index contributed by atoms with van der Waals surface area (Å²) in [4.78, 5) is 13.6. The molecular formula is C14H22ClN3O. The summed E-state index contributed by atoms with van der Waals surface area (Å²) in [7, 11) is 1.90. The number of hydrogen-bond donors (Lipinski definition) is 2. The number of carbonyl (C=O) groups excluding carboxylic acids is 1. The molecule has 0 saturated heterocycles. The second-order valence-corrected chi connectivity index (χ2v) is 4.73. The van der Waals surface area contributed by atoms with Crippen LogP contribution in [0.3, 0.4) is 0 Å². The number of nitrogens with one attached hydrogen (secondary N) is 2. The summed E-state index contributed by atoms with van der Waals surface area (Å²) < 4.78 is 0. The predicted octanol–water partition coefficient (Wildman–Crippen LogP) is 2.02. The molecule has 0 aliphatic carbocycles. The van der Waals surface area contributed by atoms with E-state index in [0.29, 0.717) is 19.6 Å². The van der Waals surface area contributed by atoms with Crippen LogP contribution in [0, 0.1) is 0 Å². The maximum atomic E-state index is 11.6. The van der Waals surface area contributed by atoms with Crippen LogP contribution in [0.2, 0.25) is 5.02 Å². The van der Waals surface area contributed by atoms with Crippen LogP contribution in [0.25, 0.3) is 0 Å². The zero-order chi connectivity index (χ0) is 14.3. The van der Waals surface area contributed by atoms with Gasteiger partial charge in [0, 0.05) is 36.4 Å². The summed E-state index contributed by atoms with van der Waals surface area (Å²) in [5.41, 5.74) is 2.01. The van der Waals surface area contributed by atoms with Gasteiger partial charge in [-0.25, -0.2) is 0 Å². The molecule has 0 fully saturated rings. The van der Waals surface area contributed by atoms with Crippen LogP contribution >= 0.6 is 11.6 Å². The van der Waals surface area contributed by atoms with Gasteiger partial charge in [-0.15, -0.1) is 0 Å². The molecule has 0 unspecified atom stereocenters. The highest BCUT2D eigenvalue weighted by molar-refractivity contribution is 6.31. The van der Waals surface area contributed by atoms with Crippen molar-refractivity contribution in [2.24, 2.45) is 0 Å². The molecule has 1 rings (SSSR count). The van der Waals surface area contributed by atoms with Crippen molar-refractivity contribution in [3.63, 3.8) is 0 Å². The highest BCUT2D eigenvalue weighted by Gasteiger charge is 2.12. The zero-order valence-corrected chi connectivity index (χ0v) is 12.5. The lowest BCUT2D eigenvalue weighted by Gasteiger charge is -2.22. The van der Waals surface area contributed by atoms with Crippen LogP contribution in [0.1, 0.15) is 19.4 Å². The van der Waals surface area contributed by atoms with E-state index < -0.39 is 0 Å². The smallest absolute Gasteiger partial charge is 0.239 e. The van der Waals surface area contributed by atoms with E-state index in [1.165, 1.54) is 0 Å². The van der Waals surface area contributed by atoms with Gasteiger partial charge in [-0.05, 0) is 25.6 Å². The van der Waals surface area contributed by atoms with E-state index in [-0.39, 0.29) is 5.91 Å². The SMILES string of the molecule is CCNCc1c(Cl)cccc1N(C)CC(=O)NCC. The highest BCUT2D eigenvalue weighted by atomic mass is 35.5. The summed E-state index contributed by atoms with van der Waals surface area (Å²) >= 11 is 6.24. The molecule has 2 N–H and O–H groups in total. The van der Waals surface area contributed by atoms with Gasteiger partial charge in [0.15, 0.2) is 0 Å². The fourth-order valence-electron chi connectivity index (χ4n) is 1.88. The van der Waals surface area contributed by atoms with Crippen LogP contribution in [0.4, 0.5) is 5.69 Å².